The Hall–Kier alpha value is -2.42. The number of aryl methyl sites for hydroxylation is 1. The van der Waals surface area contributed by atoms with Crippen LogP contribution < -0.4 is 10.6 Å². The molecule has 3 rings (SSSR count). The fourth-order valence-electron chi connectivity index (χ4n) is 2.32. The highest BCUT2D eigenvalue weighted by atomic mass is 35.5. The van der Waals surface area contributed by atoms with E-state index in [1.807, 2.05) is 24.3 Å². The molecular formula is C15H13ClN4O3S. The van der Waals surface area contributed by atoms with Crippen LogP contribution in [0.2, 0.25) is 5.02 Å². The second-order valence-electron chi connectivity index (χ2n) is 5.11. The number of nitrogens with one attached hydrogen (secondary N) is 1. The van der Waals surface area contributed by atoms with E-state index in [2.05, 4.69) is 10.4 Å². The molecule has 1 amide bonds. The number of sulfonamides is 1. The van der Waals surface area contributed by atoms with Gasteiger partial charge in [-0.05, 0) is 37.3 Å². The molecule has 0 saturated carbocycles. The maximum atomic E-state index is 12.5. The molecule has 7 nitrogen and oxygen atoms in total. The van der Waals surface area contributed by atoms with Crippen molar-refractivity contribution in [3.05, 3.63) is 58.9 Å². The number of carbonyl (C=O) groups excluding carboxylic acids is 1. The second-order valence-corrected chi connectivity index (χ2v) is 7.05. The minimum atomic E-state index is -4.03. The number of rotatable bonds is 3. The number of amides is 1. The van der Waals surface area contributed by atoms with Gasteiger partial charge in [-0.1, -0.05) is 23.7 Å². The Morgan fingerprint density at radius 1 is 1.25 bits per heavy atom. The van der Waals surface area contributed by atoms with Crippen molar-refractivity contribution in [2.45, 2.75) is 11.8 Å². The number of imidazole rings is 1. The molecule has 0 radical (unpaired) electrons. The van der Waals surface area contributed by atoms with Crippen molar-refractivity contribution in [1.82, 2.24) is 9.66 Å². The molecule has 3 N–H and O–H groups in total. The normalized spacial score (nSPS) is 11.6. The van der Waals surface area contributed by atoms with E-state index in [9.17, 15) is 13.2 Å². The van der Waals surface area contributed by atoms with Gasteiger partial charge in [0.25, 0.3) is 5.91 Å². The van der Waals surface area contributed by atoms with Gasteiger partial charge in [-0.25, -0.2) is 23.2 Å². The van der Waals surface area contributed by atoms with Crippen LogP contribution in [-0.2, 0) is 10.0 Å². The molecule has 2 aromatic carbocycles. The van der Waals surface area contributed by atoms with Crippen molar-refractivity contribution in [2.24, 2.45) is 5.14 Å². The lowest BCUT2D eigenvalue weighted by Gasteiger charge is -2.10. The summed E-state index contributed by atoms with van der Waals surface area (Å²) in [6.07, 6.45) is 0. The van der Waals surface area contributed by atoms with Crippen LogP contribution in [0, 0.1) is 6.92 Å². The molecule has 1 aromatic heterocycles. The van der Waals surface area contributed by atoms with Crippen molar-refractivity contribution < 1.29 is 13.2 Å². The van der Waals surface area contributed by atoms with Gasteiger partial charge in [0.05, 0.1) is 16.1 Å². The maximum absolute atomic E-state index is 12.5. The van der Waals surface area contributed by atoms with Crippen LogP contribution in [-0.4, -0.2) is 24.0 Å². The molecular weight excluding hydrogens is 352 g/mol. The van der Waals surface area contributed by atoms with Crippen LogP contribution in [0.3, 0.4) is 0 Å². The Morgan fingerprint density at radius 2 is 1.96 bits per heavy atom. The Bertz CT molecular complexity index is 1060. The van der Waals surface area contributed by atoms with Crippen LogP contribution in [0.5, 0.6) is 0 Å². The highest BCUT2D eigenvalue weighted by Crippen LogP contribution is 2.22. The molecule has 0 fully saturated rings. The third-order valence-electron chi connectivity index (χ3n) is 3.44. The van der Waals surface area contributed by atoms with Gasteiger partial charge >= 0.3 is 0 Å². The van der Waals surface area contributed by atoms with E-state index in [4.69, 9.17) is 16.7 Å². The molecule has 0 saturated heterocycles. The van der Waals surface area contributed by atoms with E-state index in [0.717, 1.165) is 17.1 Å². The second kappa shape index (κ2) is 5.90. The quantitative estimate of drug-likeness (QED) is 0.741. The summed E-state index contributed by atoms with van der Waals surface area (Å²) in [6.45, 7) is 1.75. The topological polar surface area (TPSA) is 107 Å². The summed E-state index contributed by atoms with van der Waals surface area (Å²) in [5.74, 6) is 0.0769. The molecule has 0 aliphatic carbocycles. The first kappa shape index (κ1) is 16.4. The molecule has 0 spiro atoms. The number of halogens is 1. The summed E-state index contributed by atoms with van der Waals surface area (Å²) >= 11 is 5.83. The first-order chi connectivity index (χ1) is 11.3. The van der Waals surface area contributed by atoms with Crippen molar-refractivity contribution >= 4 is 38.6 Å². The van der Waals surface area contributed by atoms with E-state index in [0.29, 0.717) is 5.82 Å². The molecule has 24 heavy (non-hydrogen) atoms. The fraction of sp³-hybridized carbons (Fsp3) is 0.0667. The number of hydrogen-bond acceptors (Lipinski definition) is 4. The summed E-state index contributed by atoms with van der Waals surface area (Å²) in [6, 6.07) is 11.2. The maximum Gasteiger partial charge on any atom is 0.270 e. The van der Waals surface area contributed by atoms with Crippen LogP contribution in [0.4, 0.5) is 0 Å². The van der Waals surface area contributed by atoms with Gasteiger partial charge in [0.1, 0.15) is 10.7 Å². The molecule has 0 unspecified atom stereocenters. The zero-order valence-corrected chi connectivity index (χ0v) is 14.1. The first-order valence-corrected chi connectivity index (χ1v) is 8.77. The molecule has 0 aliphatic heterocycles. The van der Waals surface area contributed by atoms with Crippen molar-refractivity contribution in [3.63, 3.8) is 0 Å². The summed E-state index contributed by atoms with van der Waals surface area (Å²) in [7, 11) is -4.03. The third-order valence-corrected chi connectivity index (χ3v) is 4.83. The summed E-state index contributed by atoms with van der Waals surface area (Å²) in [5.41, 5.74) is 4.25. The Morgan fingerprint density at radius 3 is 2.67 bits per heavy atom. The number of para-hydroxylation sites is 2. The van der Waals surface area contributed by atoms with Gasteiger partial charge in [0, 0.05) is 5.56 Å². The predicted molar refractivity (Wildman–Crippen MR) is 91.0 cm³/mol. The van der Waals surface area contributed by atoms with Gasteiger partial charge in [0.2, 0.25) is 10.0 Å². The monoisotopic (exact) mass is 364 g/mol. The zero-order chi connectivity index (χ0) is 17.5. The molecule has 1 heterocycles. The highest BCUT2D eigenvalue weighted by Gasteiger charge is 2.17. The molecule has 0 atom stereocenters. The number of benzene rings is 2. The number of nitrogens with zero attached hydrogens (tertiary/aromatic N) is 2. The third kappa shape index (κ3) is 2.99. The average Bonchev–Trinajstić information content (AvgIpc) is 2.82. The predicted octanol–water partition coefficient (Wildman–Crippen LogP) is 2.03. The van der Waals surface area contributed by atoms with Crippen LogP contribution in [0.1, 0.15) is 16.2 Å². The Kier molecular flexibility index (Phi) is 4.04. The number of hydrogen-bond donors (Lipinski definition) is 2. The Balaban J connectivity index is 2.00. The van der Waals surface area contributed by atoms with Crippen LogP contribution in [0.15, 0.2) is 47.4 Å². The largest absolute Gasteiger partial charge is 0.270 e. The van der Waals surface area contributed by atoms with Gasteiger partial charge in [0.15, 0.2) is 0 Å². The summed E-state index contributed by atoms with van der Waals surface area (Å²) < 4.78 is 24.6. The lowest BCUT2D eigenvalue weighted by atomic mass is 10.2. The molecule has 0 bridgehead atoms. The number of carbonyl (C=O) groups is 1. The van der Waals surface area contributed by atoms with Crippen molar-refractivity contribution in [3.8, 4) is 0 Å². The SMILES string of the molecule is Cc1nc2ccccc2n1NC(=O)c1ccc(Cl)c(S(N)(=O)=O)c1. The Labute approximate surface area is 143 Å². The van der Waals surface area contributed by atoms with E-state index >= 15 is 0 Å². The van der Waals surface area contributed by atoms with Crippen molar-refractivity contribution in [1.29, 1.82) is 0 Å². The first-order valence-electron chi connectivity index (χ1n) is 6.85. The minimum Gasteiger partial charge on any atom is -0.267 e. The number of fused-ring (bicyclic) bond motifs is 1. The molecule has 3 aromatic rings. The molecule has 124 valence electrons. The van der Waals surface area contributed by atoms with Gasteiger partial charge < -0.3 is 0 Å². The van der Waals surface area contributed by atoms with Crippen LogP contribution >= 0.6 is 11.6 Å². The molecule has 0 aliphatic rings. The van der Waals surface area contributed by atoms with E-state index < -0.39 is 15.9 Å². The average molecular weight is 365 g/mol. The van der Waals surface area contributed by atoms with Gasteiger partial charge in [-0.15, -0.1) is 0 Å². The highest BCUT2D eigenvalue weighted by molar-refractivity contribution is 7.89. The van der Waals surface area contributed by atoms with Gasteiger partial charge in [-0.3, -0.25) is 10.2 Å². The number of aromatic nitrogens is 2. The number of nitrogens with two attached hydrogens (primary N) is 1. The smallest absolute Gasteiger partial charge is 0.267 e. The summed E-state index contributed by atoms with van der Waals surface area (Å²) in [5, 5.41) is 5.06. The standard InChI is InChI=1S/C15H13ClN4O3S/c1-9-18-12-4-2-3-5-13(12)20(9)19-15(21)10-6-7-11(16)14(8-10)24(17,22)23/h2-8H,1H3,(H,19,21)(H2,17,22,23). The van der Waals surface area contributed by atoms with E-state index in [-0.39, 0.29) is 15.5 Å². The summed E-state index contributed by atoms with van der Waals surface area (Å²) in [4.78, 5) is 16.5. The lowest BCUT2D eigenvalue weighted by Crippen LogP contribution is -2.24. The fourth-order valence-corrected chi connectivity index (χ4v) is 3.39. The zero-order valence-electron chi connectivity index (χ0n) is 12.5. The van der Waals surface area contributed by atoms with Crippen LogP contribution in [0.25, 0.3) is 11.0 Å². The number of primary sulfonamides is 1. The van der Waals surface area contributed by atoms with Gasteiger partial charge in [-0.2, -0.15) is 0 Å². The van der Waals surface area contributed by atoms with E-state index in [1.54, 1.807) is 6.92 Å². The lowest BCUT2D eigenvalue weighted by molar-refractivity contribution is 0.101. The minimum absolute atomic E-state index is 0.0432. The molecule has 9 heteroatoms. The van der Waals surface area contributed by atoms with E-state index in [1.165, 1.54) is 16.8 Å². The van der Waals surface area contributed by atoms with Crippen molar-refractivity contribution in [2.75, 3.05) is 5.43 Å².